The predicted octanol–water partition coefficient (Wildman–Crippen LogP) is 20.1. The molecule has 0 aromatic heterocycles. The lowest BCUT2D eigenvalue weighted by Crippen LogP contribution is -2.30. The van der Waals surface area contributed by atoms with Gasteiger partial charge >= 0.3 is 39.5 Å². The van der Waals surface area contributed by atoms with Gasteiger partial charge in [-0.05, 0) is 49.4 Å². The first-order chi connectivity index (χ1) is 43.1. The zero-order valence-electron chi connectivity index (χ0n) is 58.8. The van der Waals surface area contributed by atoms with Gasteiger partial charge in [-0.3, -0.25) is 37.3 Å². The van der Waals surface area contributed by atoms with Gasteiger partial charge in [0.1, 0.15) is 19.3 Å². The summed E-state index contributed by atoms with van der Waals surface area (Å²) in [6.07, 6.45) is 43.2. The molecule has 0 aromatic carbocycles. The summed E-state index contributed by atoms with van der Waals surface area (Å²) >= 11 is 0. The quantitative estimate of drug-likeness (QED) is 0.0222. The van der Waals surface area contributed by atoms with Gasteiger partial charge in [0, 0.05) is 25.7 Å². The van der Waals surface area contributed by atoms with Gasteiger partial charge in [0.2, 0.25) is 0 Å². The molecule has 0 aliphatic carbocycles. The van der Waals surface area contributed by atoms with E-state index in [2.05, 4.69) is 55.4 Å². The van der Waals surface area contributed by atoms with Crippen LogP contribution in [0.1, 0.15) is 351 Å². The maximum Gasteiger partial charge on any atom is 0.472 e. The number of esters is 4. The number of aliphatic hydroxyl groups is 1. The number of hydrogen-bond donors (Lipinski definition) is 3. The Morgan fingerprint density at radius 1 is 0.311 bits per heavy atom. The van der Waals surface area contributed by atoms with E-state index in [-0.39, 0.29) is 25.7 Å². The summed E-state index contributed by atoms with van der Waals surface area (Å²) < 4.78 is 68.3. The normalized spacial score (nSPS) is 14.6. The predicted molar refractivity (Wildman–Crippen MR) is 363 cm³/mol. The van der Waals surface area contributed by atoms with Gasteiger partial charge in [0.05, 0.1) is 26.4 Å². The third-order valence-electron chi connectivity index (χ3n) is 16.7. The van der Waals surface area contributed by atoms with Crippen molar-refractivity contribution in [2.24, 2.45) is 23.7 Å². The van der Waals surface area contributed by atoms with Crippen LogP contribution in [0.3, 0.4) is 0 Å². The van der Waals surface area contributed by atoms with Crippen LogP contribution < -0.4 is 0 Å². The van der Waals surface area contributed by atoms with Gasteiger partial charge in [0.15, 0.2) is 12.2 Å². The molecule has 534 valence electrons. The average molecular weight is 1330 g/mol. The molecule has 0 bridgehead atoms. The van der Waals surface area contributed by atoms with Gasteiger partial charge in [-0.1, -0.05) is 299 Å². The molecule has 6 atom stereocenters. The number of phosphoric ester groups is 2. The Bertz CT molecular complexity index is 1780. The third kappa shape index (κ3) is 63.5. The number of unbranched alkanes of at least 4 members (excludes halogenated alkanes) is 33. The molecule has 0 saturated heterocycles. The van der Waals surface area contributed by atoms with Crippen molar-refractivity contribution in [2.75, 3.05) is 39.6 Å². The van der Waals surface area contributed by atoms with E-state index < -0.39 is 97.5 Å². The second-order valence-electron chi connectivity index (χ2n) is 27.3. The first kappa shape index (κ1) is 88.1. The molecule has 0 aliphatic rings. The summed E-state index contributed by atoms with van der Waals surface area (Å²) in [5.74, 6) is 0.840. The van der Waals surface area contributed by atoms with Crippen LogP contribution in [0.25, 0.3) is 0 Å². The molecule has 0 amide bonds. The second kappa shape index (κ2) is 60.7. The Morgan fingerprint density at radius 3 is 0.789 bits per heavy atom. The summed E-state index contributed by atoms with van der Waals surface area (Å²) in [6, 6.07) is 0. The molecule has 90 heavy (non-hydrogen) atoms. The molecule has 3 unspecified atom stereocenters. The number of phosphoric acid groups is 2. The second-order valence-corrected chi connectivity index (χ2v) is 30.2. The minimum Gasteiger partial charge on any atom is -0.462 e. The lowest BCUT2D eigenvalue weighted by Gasteiger charge is -2.21. The third-order valence-corrected chi connectivity index (χ3v) is 18.6. The van der Waals surface area contributed by atoms with Crippen molar-refractivity contribution >= 4 is 39.5 Å². The van der Waals surface area contributed by atoms with E-state index in [9.17, 15) is 43.2 Å². The first-order valence-electron chi connectivity index (χ1n) is 36.7. The Hall–Kier alpha value is -1.94. The molecule has 0 heterocycles. The minimum atomic E-state index is -4.95. The monoisotopic (exact) mass is 1320 g/mol. The van der Waals surface area contributed by atoms with Gasteiger partial charge < -0.3 is 33.8 Å². The maximum atomic E-state index is 13.0. The van der Waals surface area contributed by atoms with E-state index in [4.69, 9.17) is 37.0 Å². The molecule has 0 aliphatic heterocycles. The number of carbonyl (C=O) groups is 4. The van der Waals surface area contributed by atoms with Crippen molar-refractivity contribution in [3.63, 3.8) is 0 Å². The average Bonchev–Trinajstić information content (AvgIpc) is 3.55. The van der Waals surface area contributed by atoms with Crippen molar-refractivity contribution in [1.82, 2.24) is 0 Å². The maximum absolute atomic E-state index is 13.0. The minimum absolute atomic E-state index is 0.105. The number of aliphatic hydroxyl groups excluding tert-OH is 1. The van der Waals surface area contributed by atoms with Crippen LogP contribution in [0.4, 0.5) is 0 Å². The van der Waals surface area contributed by atoms with E-state index in [0.29, 0.717) is 31.6 Å². The zero-order chi connectivity index (χ0) is 66.8. The van der Waals surface area contributed by atoms with E-state index >= 15 is 0 Å². The van der Waals surface area contributed by atoms with Crippen LogP contribution in [0.15, 0.2) is 0 Å². The largest absolute Gasteiger partial charge is 0.472 e. The highest BCUT2D eigenvalue weighted by atomic mass is 31.2. The van der Waals surface area contributed by atoms with E-state index in [1.807, 2.05) is 0 Å². The Kier molecular flexibility index (Phi) is 59.4. The summed E-state index contributed by atoms with van der Waals surface area (Å²) in [5.41, 5.74) is 0. The van der Waals surface area contributed by atoms with Gasteiger partial charge in [-0.25, -0.2) is 9.13 Å². The molecule has 0 aromatic rings. The van der Waals surface area contributed by atoms with Gasteiger partial charge in [-0.15, -0.1) is 0 Å². The zero-order valence-corrected chi connectivity index (χ0v) is 60.6. The highest BCUT2D eigenvalue weighted by Crippen LogP contribution is 2.45. The number of hydrogen-bond acceptors (Lipinski definition) is 15. The molecular formula is C71H138O17P2. The SMILES string of the molecule is CCC(C)CCCCCCCCC(=O)OC[C@H](COP(=O)(O)OC[C@@H](O)COP(=O)(O)OC[C@@H](COC(=O)CCCCCCCCC(C)C)OC(=O)CCCCCCCCCCCCCCCCC(C)C)OC(=O)CCCCCCCCCCCCCC(C)C. The summed E-state index contributed by atoms with van der Waals surface area (Å²) in [5, 5.41) is 10.6. The standard InChI is InChI=1S/C71H138O17P2/c1-9-64(8)50-42-34-28-30-36-44-52-69(74)82-58-67(88-71(76)54-46-38-26-22-18-14-16-20-24-32-40-48-62(4)5)60-86-90(79,80)84-56-65(72)55-83-89(77,78)85-59-66(57-81-68(73)51-43-35-29-27-33-41-49-63(6)7)87-70(75)53-45-37-25-21-17-13-11-10-12-15-19-23-31-39-47-61(2)3/h61-67,72H,9-60H2,1-8H3,(H,77,78)(H,79,80)/t64?,65-,66+,67+/m0/s1. The molecule has 0 saturated carbocycles. The first-order valence-corrected chi connectivity index (χ1v) is 39.7. The van der Waals surface area contributed by atoms with Crippen LogP contribution >= 0.6 is 15.6 Å². The Labute approximate surface area is 549 Å². The fourth-order valence-electron chi connectivity index (χ4n) is 10.6. The molecular weight excluding hydrogens is 1190 g/mol. The highest BCUT2D eigenvalue weighted by molar-refractivity contribution is 7.47. The van der Waals surface area contributed by atoms with Gasteiger partial charge in [-0.2, -0.15) is 0 Å². The molecule has 17 nitrogen and oxygen atoms in total. The van der Waals surface area contributed by atoms with Crippen molar-refractivity contribution in [1.29, 1.82) is 0 Å². The van der Waals surface area contributed by atoms with E-state index in [0.717, 1.165) is 120 Å². The van der Waals surface area contributed by atoms with Crippen LogP contribution in [0.2, 0.25) is 0 Å². The van der Waals surface area contributed by atoms with Crippen molar-refractivity contribution in [2.45, 2.75) is 369 Å². The lowest BCUT2D eigenvalue weighted by atomic mass is 10.00. The smallest absolute Gasteiger partial charge is 0.462 e. The van der Waals surface area contributed by atoms with E-state index in [1.165, 1.54) is 141 Å². The molecule has 0 radical (unpaired) electrons. The van der Waals surface area contributed by atoms with E-state index in [1.54, 1.807) is 0 Å². The van der Waals surface area contributed by atoms with Crippen molar-refractivity contribution in [3.8, 4) is 0 Å². The fraction of sp³-hybridized carbons (Fsp3) is 0.944. The van der Waals surface area contributed by atoms with Crippen LogP contribution in [-0.2, 0) is 65.4 Å². The molecule has 0 rings (SSSR count). The Morgan fingerprint density at radius 2 is 0.533 bits per heavy atom. The van der Waals surface area contributed by atoms with Crippen LogP contribution in [0, 0.1) is 23.7 Å². The molecule has 0 spiro atoms. The number of rotatable bonds is 68. The Balaban J connectivity index is 5.22. The summed E-state index contributed by atoms with van der Waals surface area (Å²) in [6.45, 7) is 14.1. The van der Waals surface area contributed by atoms with Crippen molar-refractivity contribution < 1.29 is 80.2 Å². The topological polar surface area (TPSA) is 237 Å². The summed E-state index contributed by atoms with van der Waals surface area (Å²) in [4.78, 5) is 72.5. The highest BCUT2D eigenvalue weighted by Gasteiger charge is 2.30. The number of ether oxygens (including phenoxy) is 4. The van der Waals surface area contributed by atoms with Crippen molar-refractivity contribution in [3.05, 3.63) is 0 Å². The lowest BCUT2D eigenvalue weighted by molar-refractivity contribution is -0.161. The number of carbonyl (C=O) groups excluding carboxylic acids is 4. The van der Waals surface area contributed by atoms with Crippen LogP contribution in [0.5, 0.6) is 0 Å². The molecule has 19 heteroatoms. The molecule has 3 N–H and O–H groups in total. The van der Waals surface area contributed by atoms with Gasteiger partial charge in [0.25, 0.3) is 0 Å². The molecule has 0 fully saturated rings. The summed E-state index contributed by atoms with van der Waals surface area (Å²) in [7, 11) is -9.90. The fourth-order valence-corrected chi connectivity index (χ4v) is 12.2. The van der Waals surface area contributed by atoms with Crippen LogP contribution in [-0.4, -0.2) is 96.7 Å².